The van der Waals surface area contributed by atoms with Crippen molar-refractivity contribution in [2.75, 3.05) is 6.61 Å². The number of carbonyl (C=O) groups excluding carboxylic acids is 1. The van der Waals surface area contributed by atoms with Crippen LogP contribution in [0.5, 0.6) is 5.75 Å². The largest absolute Gasteiger partial charge is 0.488 e. The molecule has 0 saturated heterocycles. The Morgan fingerprint density at radius 3 is 2.64 bits per heavy atom. The van der Waals surface area contributed by atoms with Crippen LogP contribution in [-0.4, -0.2) is 17.0 Å². The number of rotatable bonds is 2. The van der Waals surface area contributed by atoms with Crippen molar-refractivity contribution in [2.24, 2.45) is 0 Å². The summed E-state index contributed by atoms with van der Waals surface area (Å²) < 4.78 is 7.99. The zero-order valence-corrected chi connectivity index (χ0v) is 13.5. The van der Waals surface area contributed by atoms with Crippen molar-refractivity contribution < 1.29 is 9.53 Å². The lowest BCUT2D eigenvalue weighted by atomic mass is 9.98. The summed E-state index contributed by atoms with van der Waals surface area (Å²) in [5.74, 6) is 0.744. The van der Waals surface area contributed by atoms with Gasteiger partial charge in [-0.2, -0.15) is 0 Å². The van der Waals surface area contributed by atoms with Gasteiger partial charge in [0.1, 0.15) is 12.4 Å². The molecule has 3 rings (SSSR count). The van der Waals surface area contributed by atoms with Crippen LogP contribution in [0.3, 0.4) is 0 Å². The van der Waals surface area contributed by atoms with E-state index in [4.69, 9.17) is 4.74 Å². The molecule has 114 valence electrons. The fourth-order valence-electron chi connectivity index (χ4n) is 3.21. The number of Topliss-reactive ketones (excluding diaryl/α,β-unsaturated/α-hetero) is 1. The summed E-state index contributed by atoms with van der Waals surface area (Å²) in [4.78, 5) is 12.6. The Balaban J connectivity index is 2.01. The highest BCUT2D eigenvalue weighted by Crippen LogP contribution is 2.29. The number of ketones is 1. The predicted octanol–water partition coefficient (Wildman–Crippen LogP) is 4.34. The standard InChI is InChI=1S/C19H21NO2/c1-12(2)20-13(3)9-15(14(20)4)10-16-11-22-18-8-6-5-7-17(18)19(16)21/h5-10,12H,11H2,1-4H3/b16-10+. The van der Waals surface area contributed by atoms with Gasteiger partial charge in [-0.3, -0.25) is 4.79 Å². The zero-order chi connectivity index (χ0) is 15.9. The van der Waals surface area contributed by atoms with Crippen molar-refractivity contribution in [2.45, 2.75) is 33.7 Å². The van der Waals surface area contributed by atoms with Gasteiger partial charge >= 0.3 is 0 Å². The molecule has 0 bridgehead atoms. The van der Waals surface area contributed by atoms with Crippen LogP contribution >= 0.6 is 0 Å². The second-order valence-electron chi connectivity index (χ2n) is 6.07. The molecule has 0 saturated carbocycles. The Morgan fingerprint density at radius 2 is 1.95 bits per heavy atom. The van der Waals surface area contributed by atoms with E-state index < -0.39 is 0 Å². The second-order valence-corrected chi connectivity index (χ2v) is 6.07. The summed E-state index contributed by atoms with van der Waals surface area (Å²) in [6.45, 7) is 8.87. The molecule has 0 unspecified atom stereocenters. The zero-order valence-electron chi connectivity index (χ0n) is 13.5. The number of fused-ring (bicyclic) bond motifs is 1. The van der Waals surface area contributed by atoms with Crippen molar-refractivity contribution >= 4 is 11.9 Å². The molecule has 0 fully saturated rings. The third-order valence-corrected chi connectivity index (χ3v) is 4.18. The second kappa shape index (κ2) is 5.48. The first-order valence-corrected chi connectivity index (χ1v) is 7.64. The molecular weight excluding hydrogens is 274 g/mol. The molecule has 1 aromatic heterocycles. The summed E-state index contributed by atoms with van der Waals surface area (Å²) in [6.07, 6.45) is 1.97. The van der Waals surface area contributed by atoms with Gasteiger partial charge in [-0.05, 0) is 57.5 Å². The van der Waals surface area contributed by atoms with E-state index in [-0.39, 0.29) is 5.78 Å². The van der Waals surface area contributed by atoms with Gasteiger partial charge in [0.05, 0.1) is 5.56 Å². The Bertz CT molecular complexity index is 766. The van der Waals surface area contributed by atoms with Gasteiger partial charge in [-0.25, -0.2) is 0 Å². The number of aryl methyl sites for hydroxylation is 1. The first-order chi connectivity index (χ1) is 10.5. The summed E-state index contributed by atoms with van der Waals surface area (Å²) in [6, 6.07) is 9.96. The van der Waals surface area contributed by atoms with Gasteiger partial charge < -0.3 is 9.30 Å². The monoisotopic (exact) mass is 295 g/mol. The lowest BCUT2D eigenvalue weighted by molar-refractivity contribution is 0.100. The molecule has 1 aromatic carbocycles. The minimum atomic E-state index is 0.0659. The number of nitrogens with zero attached hydrogens (tertiary/aromatic N) is 1. The molecule has 3 heteroatoms. The van der Waals surface area contributed by atoms with Gasteiger partial charge in [0.2, 0.25) is 0 Å². The number of para-hydroxylation sites is 1. The number of hydrogen-bond donors (Lipinski definition) is 0. The van der Waals surface area contributed by atoms with Crippen molar-refractivity contribution in [3.8, 4) is 5.75 Å². The van der Waals surface area contributed by atoms with Crippen molar-refractivity contribution in [3.63, 3.8) is 0 Å². The minimum absolute atomic E-state index is 0.0659. The van der Waals surface area contributed by atoms with E-state index in [1.54, 1.807) is 0 Å². The summed E-state index contributed by atoms with van der Waals surface area (Å²) in [7, 11) is 0. The van der Waals surface area contributed by atoms with E-state index >= 15 is 0 Å². The average Bonchev–Trinajstić information content (AvgIpc) is 2.76. The van der Waals surface area contributed by atoms with Gasteiger partial charge in [-0.1, -0.05) is 12.1 Å². The van der Waals surface area contributed by atoms with Crippen LogP contribution in [0.2, 0.25) is 0 Å². The number of hydrogen-bond acceptors (Lipinski definition) is 2. The highest BCUT2D eigenvalue weighted by atomic mass is 16.5. The van der Waals surface area contributed by atoms with Crippen LogP contribution in [0.4, 0.5) is 0 Å². The molecule has 0 aliphatic carbocycles. The molecule has 3 nitrogen and oxygen atoms in total. The number of carbonyl (C=O) groups is 1. The molecule has 1 aliphatic rings. The SMILES string of the molecule is Cc1cc(/C=C2\COc3ccccc3C2=O)c(C)n1C(C)C. The molecule has 2 aromatic rings. The number of benzene rings is 1. The first kappa shape index (κ1) is 14.6. The van der Waals surface area contributed by atoms with Gasteiger partial charge in [0, 0.05) is 23.0 Å². The molecule has 0 N–H and O–H groups in total. The van der Waals surface area contributed by atoms with Gasteiger partial charge in [-0.15, -0.1) is 0 Å². The third-order valence-electron chi connectivity index (χ3n) is 4.18. The van der Waals surface area contributed by atoms with E-state index in [9.17, 15) is 4.79 Å². The smallest absolute Gasteiger partial charge is 0.196 e. The lowest BCUT2D eigenvalue weighted by Crippen LogP contribution is -2.18. The topological polar surface area (TPSA) is 31.2 Å². The Kier molecular flexibility index (Phi) is 3.65. The van der Waals surface area contributed by atoms with Gasteiger partial charge in [0.15, 0.2) is 5.78 Å². The molecular formula is C19H21NO2. The van der Waals surface area contributed by atoms with E-state index in [0.717, 1.165) is 5.56 Å². The minimum Gasteiger partial charge on any atom is -0.488 e. The van der Waals surface area contributed by atoms with Crippen LogP contribution in [0.1, 0.15) is 47.2 Å². The molecule has 0 radical (unpaired) electrons. The van der Waals surface area contributed by atoms with Crippen molar-refractivity contribution in [3.05, 3.63) is 58.4 Å². The Labute approximate surface area is 131 Å². The highest BCUT2D eigenvalue weighted by molar-refractivity contribution is 6.14. The highest BCUT2D eigenvalue weighted by Gasteiger charge is 2.23. The lowest BCUT2D eigenvalue weighted by Gasteiger charge is -2.18. The van der Waals surface area contributed by atoms with Gasteiger partial charge in [0.25, 0.3) is 0 Å². The van der Waals surface area contributed by atoms with Crippen LogP contribution in [0, 0.1) is 13.8 Å². The maximum Gasteiger partial charge on any atom is 0.196 e. The average molecular weight is 295 g/mol. The van der Waals surface area contributed by atoms with Crippen LogP contribution < -0.4 is 4.74 Å². The van der Waals surface area contributed by atoms with E-state index in [0.29, 0.717) is 29.5 Å². The first-order valence-electron chi connectivity index (χ1n) is 7.64. The molecule has 1 aliphatic heterocycles. The van der Waals surface area contributed by atoms with E-state index in [1.807, 2.05) is 30.3 Å². The van der Waals surface area contributed by atoms with Crippen LogP contribution in [-0.2, 0) is 0 Å². The molecule has 0 atom stereocenters. The maximum absolute atomic E-state index is 12.6. The van der Waals surface area contributed by atoms with E-state index in [2.05, 4.69) is 38.3 Å². The van der Waals surface area contributed by atoms with Crippen LogP contribution in [0.25, 0.3) is 6.08 Å². The summed E-state index contributed by atoms with van der Waals surface area (Å²) in [5.41, 5.74) is 4.86. The molecule has 22 heavy (non-hydrogen) atoms. The fourth-order valence-corrected chi connectivity index (χ4v) is 3.21. The Hall–Kier alpha value is -2.29. The van der Waals surface area contributed by atoms with Crippen molar-refractivity contribution in [1.29, 1.82) is 0 Å². The summed E-state index contributed by atoms with van der Waals surface area (Å²) in [5, 5.41) is 0. The molecule has 2 heterocycles. The van der Waals surface area contributed by atoms with Crippen LogP contribution in [0.15, 0.2) is 35.9 Å². The quantitative estimate of drug-likeness (QED) is 0.772. The predicted molar refractivity (Wildman–Crippen MR) is 88.5 cm³/mol. The fraction of sp³-hybridized carbons (Fsp3) is 0.316. The number of aromatic nitrogens is 1. The van der Waals surface area contributed by atoms with Crippen molar-refractivity contribution in [1.82, 2.24) is 4.57 Å². The third kappa shape index (κ3) is 2.37. The molecule has 0 amide bonds. The normalized spacial score (nSPS) is 16.0. The summed E-state index contributed by atoms with van der Waals surface area (Å²) >= 11 is 0. The maximum atomic E-state index is 12.6. The number of ether oxygens (including phenoxy) is 1. The Morgan fingerprint density at radius 1 is 1.23 bits per heavy atom. The molecule has 0 spiro atoms. The van der Waals surface area contributed by atoms with E-state index in [1.165, 1.54) is 11.4 Å².